The third-order valence-electron chi connectivity index (χ3n) is 4.21. The Kier molecular flexibility index (Phi) is 5.92. The van der Waals surface area contributed by atoms with Gasteiger partial charge in [-0.3, -0.25) is 0 Å². The van der Waals surface area contributed by atoms with E-state index in [1.165, 1.54) is 0 Å². The van der Waals surface area contributed by atoms with Gasteiger partial charge in [-0.1, -0.05) is 0 Å². The first-order chi connectivity index (χ1) is 10.7. The lowest BCUT2D eigenvalue weighted by Gasteiger charge is -2.45. The van der Waals surface area contributed by atoms with Crippen molar-refractivity contribution in [1.29, 1.82) is 0 Å². The Morgan fingerprint density at radius 1 is 0.609 bits per heavy atom. The largest absolute Gasteiger partial charge is 0.394 e. The Morgan fingerprint density at radius 3 is 1.52 bits per heavy atom. The highest BCUT2D eigenvalue weighted by Crippen LogP contribution is 2.29. The van der Waals surface area contributed by atoms with E-state index in [4.69, 9.17) is 14.6 Å². The molecular formula is C12H22O11. The van der Waals surface area contributed by atoms with Crippen LogP contribution in [0.15, 0.2) is 0 Å². The van der Waals surface area contributed by atoms with Gasteiger partial charge in [-0.2, -0.15) is 0 Å². The molecule has 3 unspecified atom stereocenters. The van der Waals surface area contributed by atoms with Crippen LogP contribution in [-0.4, -0.2) is 120 Å². The molecule has 9 N–H and O–H groups in total. The van der Waals surface area contributed by atoms with E-state index in [9.17, 15) is 40.9 Å². The number of hydrogen-bond donors (Lipinski definition) is 9. The summed E-state index contributed by atoms with van der Waals surface area (Å²) < 4.78 is 10.2. The molecule has 0 spiro atoms. The van der Waals surface area contributed by atoms with Gasteiger partial charge in [0, 0.05) is 0 Å². The van der Waals surface area contributed by atoms with Gasteiger partial charge in [-0.15, -0.1) is 0 Å². The molecule has 11 nitrogen and oxygen atoms in total. The zero-order chi connectivity index (χ0) is 17.5. The van der Waals surface area contributed by atoms with Gasteiger partial charge >= 0.3 is 0 Å². The fourth-order valence-electron chi connectivity index (χ4n) is 2.69. The molecule has 23 heavy (non-hydrogen) atoms. The van der Waals surface area contributed by atoms with Crippen molar-refractivity contribution < 1.29 is 55.4 Å². The van der Waals surface area contributed by atoms with E-state index in [1.54, 1.807) is 0 Å². The Balaban J connectivity index is 2.13. The summed E-state index contributed by atoms with van der Waals surface area (Å²) in [6.07, 6.45) is -18.9. The molecule has 1 saturated carbocycles. The maximum absolute atomic E-state index is 9.85. The Bertz CT molecular complexity index is 377. The minimum atomic E-state index is -1.83. The number of aliphatic hydroxyl groups excluding tert-OH is 9. The fraction of sp³-hybridized carbons (Fsp3) is 1.00. The SMILES string of the molecule is OC[C@H]1OC(OC2[C@@H](O)[C@H](O)C(O)[C@@H](O)[C@H]2O)[C@H](O)[C@@H](O)[C@H]1O. The minimum Gasteiger partial charge on any atom is -0.394 e. The molecule has 2 rings (SSSR count). The van der Waals surface area contributed by atoms with Crippen LogP contribution in [0.5, 0.6) is 0 Å². The van der Waals surface area contributed by atoms with Gasteiger partial charge in [0.2, 0.25) is 0 Å². The van der Waals surface area contributed by atoms with Crippen molar-refractivity contribution in [2.45, 2.75) is 67.3 Å². The molecule has 136 valence electrons. The van der Waals surface area contributed by atoms with Crippen LogP contribution in [-0.2, 0) is 9.47 Å². The Morgan fingerprint density at radius 2 is 1.04 bits per heavy atom. The zero-order valence-electron chi connectivity index (χ0n) is 11.9. The highest BCUT2D eigenvalue weighted by molar-refractivity contribution is 5.00. The van der Waals surface area contributed by atoms with Crippen LogP contribution >= 0.6 is 0 Å². The smallest absolute Gasteiger partial charge is 0.187 e. The zero-order valence-corrected chi connectivity index (χ0v) is 11.9. The fourth-order valence-corrected chi connectivity index (χ4v) is 2.69. The highest BCUT2D eigenvalue weighted by Gasteiger charge is 2.52. The van der Waals surface area contributed by atoms with Crippen molar-refractivity contribution in [3.05, 3.63) is 0 Å². The normalized spacial score (nSPS) is 54.9. The summed E-state index contributed by atoms with van der Waals surface area (Å²) in [5.41, 5.74) is 0. The van der Waals surface area contributed by atoms with Crippen molar-refractivity contribution >= 4 is 0 Å². The number of aliphatic hydroxyl groups is 9. The van der Waals surface area contributed by atoms with E-state index in [-0.39, 0.29) is 0 Å². The molecule has 2 fully saturated rings. The van der Waals surface area contributed by atoms with Crippen LogP contribution in [0.1, 0.15) is 0 Å². The highest BCUT2D eigenvalue weighted by atomic mass is 16.7. The second-order valence-electron chi connectivity index (χ2n) is 5.75. The molecule has 0 amide bonds. The van der Waals surface area contributed by atoms with Crippen molar-refractivity contribution in [2.24, 2.45) is 0 Å². The molecule has 0 bridgehead atoms. The summed E-state index contributed by atoms with van der Waals surface area (Å²) in [5.74, 6) is 0. The summed E-state index contributed by atoms with van der Waals surface area (Å²) in [6.45, 7) is -0.704. The van der Waals surface area contributed by atoms with Crippen LogP contribution in [0.3, 0.4) is 0 Å². The lowest BCUT2D eigenvalue weighted by molar-refractivity contribution is -0.339. The topological polar surface area (TPSA) is 201 Å². The van der Waals surface area contributed by atoms with E-state index in [0.717, 1.165) is 0 Å². The number of ether oxygens (including phenoxy) is 2. The molecule has 11 heteroatoms. The molecule has 11 atom stereocenters. The van der Waals surface area contributed by atoms with Crippen LogP contribution in [0.4, 0.5) is 0 Å². The predicted molar refractivity (Wildman–Crippen MR) is 68.7 cm³/mol. The maximum atomic E-state index is 9.85. The van der Waals surface area contributed by atoms with Gasteiger partial charge in [-0.05, 0) is 0 Å². The lowest BCUT2D eigenvalue weighted by Crippen LogP contribution is -2.67. The summed E-state index contributed by atoms with van der Waals surface area (Å²) in [7, 11) is 0. The molecule has 0 aromatic rings. The summed E-state index contributed by atoms with van der Waals surface area (Å²) in [4.78, 5) is 0. The van der Waals surface area contributed by atoms with Crippen molar-refractivity contribution in [3.8, 4) is 0 Å². The summed E-state index contributed by atoms with van der Waals surface area (Å²) >= 11 is 0. The second-order valence-corrected chi connectivity index (χ2v) is 5.75. The maximum Gasteiger partial charge on any atom is 0.187 e. The average molecular weight is 342 g/mol. The Hall–Kier alpha value is -0.440. The molecule has 1 aliphatic heterocycles. The Labute approximate surface area is 130 Å². The van der Waals surface area contributed by atoms with Gasteiger partial charge in [0.05, 0.1) is 6.61 Å². The van der Waals surface area contributed by atoms with Crippen LogP contribution in [0.2, 0.25) is 0 Å². The monoisotopic (exact) mass is 342 g/mol. The first-order valence-corrected chi connectivity index (χ1v) is 7.07. The third kappa shape index (κ3) is 3.36. The number of rotatable bonds is 3. The van der Waals surface area contributed by atoms with Crippen LogP contribution in [0, 0.1) is 0 Å². The van der Waals surface area contributed by atoms with E-state index in [0.29, 0.717) is 0 Å². The summed E-state index contributed by atoms with van der Waals surface area (Å²) in [6, 6.07) is 0. The molecule has 1 saturated heterocycles. The number of hydrogen-bond acceptors (Lipinski definition) is 11. The van der Waals surface area contributed by atoms with E-state index in [1.807, 2.05) is 0 Å². The molecular weight excluding hydrogens is 320 g/mol. The van der Waals surface area contributed by atoms with Crippen LogP contribution in [0.25, 0.3) is 0 Å². The van der Waals surface area contributed by atoms with Gasteiger partial charge in [0.1, 0.15) is 61.0 Å². The first kappa shape index (κ1) is 18.9. The van der Waals surface area contributed by atoms with Crippen molar-refractivity contribution in [1.82, 2.24) is 0 Å². The van der Waals surface area contributed by atoms with Gasteiger partial charge < -0.3 is 55.4 Å². The van der Waals surface area contributed by atoms with Crippen LogP contribution < -0.4 is 0 Å². The standard InChI is InChI=1S/C12H22O11/c13-1-2-3(14)4(15)10(21)12(22-2)23-11-8(19)6(17)5(16)7(18)9(11)20/h2-21H,1H2/t2-,3+,4+,5?,6-,7-,8-,9+,10-,11?,12?/m1/s1. The molecule has 0 aromatic carbocycles. The molecule has 2 aliphatic rings. The first-order valence-electron chi connectivity index (χ1n) is 7.07. The third-order valence-corrected chi connectivity index (χ3v) is 4.21. The van der Waals surface area contributed by atoms with Gasteiger partial charge in [-0.25, -0.2) is 0 Å². The average Bonchev–Trinajstić information content (AvgIpc) is 2.54. The molecule has 1 heterocycles. The second kappa shape index (κ2) is 7.21. The molecule has 0 radical (unpaired) electrons. The predicted octanol–water partition coefficient (Wildman–Crippen LogP) is -6.01. The minimum absolute atomic E-state index is 0.704. The lowest BCUT2D eigenvalue weighted by atomic mass is 9.84. The molecule has 0 aromatic heterocycles. The van der Waals surface area contributed by atoms with Crippen molar-refractivity contribution in [2.75, 3.05) is 6.61 Å². The summed E-state index contributed by atoms with van der Waals surface area (Å²) in [5, 5.41) is 86.6. The van der Waals surface area contributed by atoms with Crippen molar-refractivity contribution in [3.63, 3.8) is 0 Å². The van der Waals surface area contributed by atoms with Gasteiger partial charge in [0.25, 0.3) is 0 Å². The van der Waals surface area contributed by atoms with E-state index >= 15 is 0 Å². The molecule has 1 aliphatic carbocycles. The quantitative estimate of drug-likeness (QED) is 0.236. The van der Waals surface area contributed by atoms with Gasteiger partial charge in [0.15, 0.2) is 6.29 Å². The van der Waals surface area contributed by atoms with E-state index < -0.39 is 73.9 Å². The van der Waals surface area contributed by atoms with E-state index in [2.05, 4.69) is 0 Å².